The van der Waals surface area contributed by atoms with Crippen molar-refractivity contribution in [3.05, 3.63) is 28.2 Å². The van der Waals surface area contributed by atoms with Crippen molar-refractivity contribution in [3.8, 4) is 0 Å². The lowest BCUT2D eigenvalue weighted by Gasteiger charge is -2.07. The van der Waals surface area contributed by atoms with Crippen molar-refractivity contribution in [2.75, 3.05) is 22.9 Å². The Morgan fingerprint density at radius 2 is 2.17 bits per heavy atom. The number of nitrogens with zero attached hydrogens (tertiary/aromatic N) is 2. The Balaban J connectivity index is 1.82. The molecule has 0 unspecified atom stereocenters. The number of nitrogens with one attached hydrogen (secondary N) is 2. The number of halogens is 1. The van der Waals surface area contributed by atoms with Crippen molar-refractivity contribution in [2.24, 2.45) is 5.92 Å². The quantitative estimate of drug-likeness (QED) is 0.656. The molecule has 2 rings (SSSR count). The van der Waals surface area contributed by atoms with Gasteiger partial charge in [0, 0.05) is 11.0 Å². The number of benzene rings is 1. The molecular weight excluding hydrogens is 396 g/mol. The molecule has 0 saturated heterocycles. The zero-order chi connectivity index (χ0) is 16.8. The van der Waals surface area contributed by atoms with Crippen LogP contribution >= 0.6 is 39.0 Å². The highest BCUT2D eigenvalue weighted by Gasteiger charge is 2.10. The zero-order valence-electron chi connectivity index (χ0n) is 13.2. The molecule has 0 bridgehead atoms. The summed E-state index contributed by atoms with van der Waals surface area (Å²) in [6, 6.07) is 5.83. The number of aryl methyl sites for hydroxylation is 1. The minimum atomic E-state index is -0.0635. The van der Waals surface area contributed by atoms with E-state index in [2.05, 4.69) is 50.6 Å². The summed E-state index contributed by atoms with van der Waals surface area (Å²) in [4.78, 5) is 12.0. The largest absolute Gasteiger partial charge is 0.360 e. The number of carbonyl (C=O) groups is 1. The van der Waals surface area contributed by atoms with E-state index in [1.54, 1.807) is 0 Å². The summed E-state index contributed by atoms with van der Waals surface area (Å²) >= 11 is 6.31. The van der Waals surface area contributed by atoms with E-state index < -0.39 is 0 Å². The zero-order valence-corrected chi connectivity index (χ0v) is 16.4. The summed E-state index contributed by atoms with van der Waals surface area (Å²) in [5.41, 5.74) is 1.91. The van der Waals surface area contributed by atoms with Gasteiger partial charge in [-0.15, -0.1) is 10.2 Å². The molecule has 8 heteroatoms. The minimum absolute atomic E-state index is 0.0635. The van der Waals surface area contributed by atoms with Crippen molar-refractivity contribution in [1.29, 1.82) is 0 Å². The molecule has 1 heterocycles. The molecule has 0 saturated carbocycles. The first-order valence-electron chi connectivity index (χ1n) is 7.20. The fourth-order valence-corrected chi connectivity index (χ4v) is 3.82. The summed E-state index contributed by atoms with van der Waals surface area (Å²) < 4.78 is 1.67. The molecule has 23 heavy (non-hydrogen) atoms. The van der Waals surface area contributed by atoms with Crippen LogP contribution in [0.4, 0.5) is 10.8 Å². The highest BCUT2D eigenvalue weighted by molar-refractivity contribution is 9.10. The van der Waals surface area contributed by atoms with Crippen LogP contribution < -0.4 is 10.6 Å². The molecule has 1 aromatic carbocycles. The fourth-order valence-electron chi connectivity index (χ4n) is 1.67. The van der Waals surface area contributed by atoms with Crippen LogP contribution in [-0.4, -0.2) is 28.4 Å². The van der Waals surface area contributed by atoms with Gasteiger partial charge in [-0.3, -0.25) is 4.79 Å². The van der Waals surface area contributed by atoms with Gasteiger partial charge in [0.1, 0.15) is 0 Å². The van der Waals surface area contributed by atoms with Gasteiger partial charge < -0.3 is 10.6 Å². The first-order valence-corrected chi connectivity index (χ1v) is 9.79. The highest BCUT2D eigenvalue weighted by Crippen LogP contribution is 2.27. The molecule has 1 amide bonds. The summed E-state index contributed by atoms with van der Waals surface area (Å²) in [6.07, 6.45) is 0. The van der Waals surface area contributed by atoms with Gasteiger partial charge in [-0.1, -0.05) is 43.0 Å². The lowest BCUT2D eigenvalue weighted by Crippen LogP contribution is -2.14. The molecule has 0 atom stereocenters. The smallest absolute Gasteiger partial charge is 0.234 e. The Morgan fingerprint density at radius 3 is 2.87 bits per heavy atom. The van der Waals surface area contributed by atoms with Gasteiger partial charge in [0.05, 0.1) is 11.4 Å². The van der Waals surface area contributed by atoms with Crippen LogP contribution in [0, 0.1) is 12.8 Å². The van der Waals surface area contributed by atoms with Gasteiger partial charge in [-0.25, -0.2) is 0 Å². The number of anilines is 2. The van der Waals surface area contributed by atoms with Crippen LogP contribution in [0.2, 0.25) is 0 Å². The predicted octanol–water partition coefficient (Wildman–Crippen LogP) is 4.41. The number of hydrogen-bond acceptors (Lipinski definition) is 6. The monoisotopic (exact) mass is 414 g/mol. The van der Waals surface area contributed by atoms with E-state index in [1.807, 2.05) is 25.1 Å². The van der Waals surface area contributed by atoms with Crippen LogP contribution in [0.3, 0.4) is 0 Å². The van der Waals surface area contributed by atoms with E-state index in [9.17, 15) is 4.79 Å². The maximum atomic E-state index is 12.0. The van der Waals surface area contributed by atoms with Crippen molar-refractivity contribution in [2.45, 2.75) is 25.1 Å². The van der Waals surface area contributed by atoms with Crippen LogP contribution in [0.5, 0.6) is 0 Å². The second kappa shape index (κ2) is 8.65. The van der Waals surface area contributed by atoms with E-state index in [-0.39, 0.29) is 5.91 Å². The molecule has 0 aliphatic heterocycles. The topological polar surface area (TPSA) is 66.9 Å². The lowest BCUT2D eigenvalue weighted by atomic mass is 10.2. The normalized spacial score (nSPS) is 10.8. The van der Waals surface area contributed by atoms with Crippen molar-refractivity contribution < 1.29 is 4.79 Å². The Kier molecular flexibility index (Phi) is 6.86. The Morgan fingerprint density at radius 1 is 1.39 bits per heavy atom. The Labute approximate surface area is 152 Å². The molecule has 0 fully saturated rings. The first kappa shape index (κ1) is 18.2. The van der Waals surface area contributed by atoms with E-state index >= 15 is 0 Å². The SMILES string of the molecule is Cc1ccc(NC(=O)CSc2nnc(NCC(C)C)s2)c(Br)c1. The molecule has 0 radical (unpaired) electrons. The van der Waals surface area contributed by atoms with E-state index in [0.717, 1.165) is 31.7 Å². The first-order chi connectivity index (χ1) is 10.9. The molecule has 0 aliphatic rings. The third-order valence-electron chi connectivity index (χ3n) is 2.79. The van der Waals surface area contributed by atoms with Crippen LogP contribution in [0.25, 0.3) is 0 Å². The predicted molar refractivity (Wildman–Crippen MR) is 101 cm³/mol. The minimum Gasteiger partial charge on any atom is -0.360 e. The third-order valence-corrected chi connectivity index (χ3v) is 5.46. The van der Waals surface area contributed by atoms with E-state index in [4.69, 9.17) is 0 Å². The Hall–Kier alpha value is -1.12. The molecule has 2 aromatic rings. The van der Waals surface area contributed by atoms with Gasteiger partial charge in [-0.2, -0.15) is 0 Å². The van der Waals surface area contributed by atoms with Gasteiger partial charge in [0.15, 0.2) is 4.34 Å². The number of aromatic nitrogens is 2. The number of rotatable bonds is 7. The molecule has 5 nitrogen and oxygen atoms in total. The van der Waals surface area contributed by atoms with Crippen LogP contribution in [0.1, 0.15) is 19.4 Å². The highest BCUT2D eigenvalue weighted by atomic mass is 79.9. The number of carbonyl (C=O) groups excluding carboxylic acids is 1. The van der Waals surface area contributed by atoms with E-state index in [0.29, 0.717) is 11.7 Å². The van der Waals surface area contributed by atoms with Crippen molar-refractivity contribution in [1.82, 2.24) is 10.2 Å². The maximum absolute atomic E-state index is 12.0. The third kappa shape index (κ3) is 6.12. The molecular formula is C15H19BrN4OS2. The molecule has 2 N–H and O–H groups in total. The maximum Gasteiger partial charge on any atom is 0.234 e. The lowest BCUT2D eigenvalue weighted by molar-refractivity contribution is -0.113. The second-order valence-electron chi connectivity index (χ2n) is 5.47. The van der Waals surface area contributed by atoms with Crippen molar-refractivity contribution >= 4 is 55.8 Å². The Bertz CT molecular complexity index is 675. The summed E-state index contributed by atoms with van der Waals surface area (Å²) in [6.45, 7) is 7.14. The fraction of sp³-hybridized carbons (Fsp3) is 0.400. The second-order valence-corrected chi connectivity index (χ2v) is 8.52. The van der Waals surface area contributed by atoms with Crippen LogP contribution in [0.15, 0.2) is 27.0 Å². The van der Waals surface area contributed by atoms with Gasteiger partial charge in [-0.05, 0) is 46.5 Å². The van der Waals surface area contributed by atoms with Gasteiger partial charge in [0.2, 0.25) is 11.0 Å². The number of amides is 1. The summed E-state index contributed by atoms with van der Waals surface area (Å²) in [7, 11) is 0. The average molecular weight is 415 g/mol. The summed E-state index contributed by atoms with van der Waals surface area (Å²) in [5.74, 6) is 0.791. The van der Waals surface area contributed by atoms with Gasteiger partial charge >= 0.3 is 0 Å². The van der Waals surface area contributed by atoms with Crippen molar-refractivity contribution in [3.63, 3.8) is 0 Å². The van der Waals surface area contributed by atoms with E-state index in [1.165, 1.54) is 23.1 Å². The molecule has 124 valence electrons. The van der Waals surface area contributed by atoms with Crippen LogP contribution in [-0.2, 0) is 4.79 Å². The molecule has 0 aliphatic carbocycles. The molecule has 1 aromatic heterocycles. The number of hydrogen-bond donors (Lipinski definition) is 2. The van der Waals surface area contributed by atoms with Gasteiger partial charge in [0.25, 0.3) is 0 Å². The summed E-state index contributed by atoms with van der Waals surface area (Å²) in [5, 5.41) is 15.1. The number of thioether (sulfide) groups is 1. The molecule has 0 spiro atoms. The average Bonchev–Trinajstić information content (AvgIpc) is 2.94. The standard InChI is InChI=1S/C15H19BrN4OS2/c1-9(2)7-17-14-19-20-15(23-14)22-8-13(21)18-12-5-4-10(3)6-11(12)16/h4-6,9H,7-8H2,1-3H3,(H,17,19)(H,18,21).